The van der Waals surface area contributed by atoms with Crippen LogP contribution in [0.1, 0.15) is 23.1 Å². The molecule has 0 bridgehead atoms. The van der Waals surface area contributed by atoms with Crippen LogP contribution in [-0.4, -0.2) is 41.2 Å². The molecule has 1 aliphatic heterocycles. The number of halogens is 1. The lowest BCUT2D eigenvalue weighted by molar-refractivity contribution is -0.138. The molecule has 6 nitrogen and oxygen atoms in total. The predicted molar refractivity (Wildman–Crippen MR) is 99.6 cm³/mol. The van der Waals surface area contributed by atoms with Gasteiger partial charge >= 0.3 is 6.03 Å². The van der Waals surface area contributed by atoms with Gasteiger partial charge < -0.3 is 10.2 Å². The van der Waals surface area contributed by atoms with E-state index in [4.69, 9.17) is 0 Å². The van der Waals surface area contributed by atoms with Crippen molar-refractivity contribution in [2.75, 3.05) is 13.6 Å². The molecule has 0 unspecified atom stereocenters. The van der Waals surface area contributed by atoms with Gasteiger partial charge in [0.2, 0.25) is 5.91 Å². The summed E-state index contributed by atoms with van der Waals surface area (Å²) in [7, 11) is 1.56. The van der Waals surface area contributed by atoms with Crippen molar-refractivity contribution in [1.29, 1.82) is 0 Å². The van der Waals surface area contributed by atoms with Gasteiger partial charge in [0.25, 0.3) is 5.91 Å². The minimum atomic E-state index is -1.07. The summed E-state index contributed by atoms with van der Waals surface area (Å²) in [5.41, 5.74) is 1.40. The Morgan fingerprint density at radius 3 is 2.79 bits per heavy atom. The number of carbonyl (C=O) groups excluding carboxylic acids is 3. The van der Waals surface area contributed by atoms with Crippen LogP contribution in [0.5, 0.6) is 0 Å². The number of urea groups is 1. The van der Waals surface area contributed by atoms with Gasteiger partial charge in [0.05, 0.1) is 0 Å². The summed E-state index contributed by atoms with van der Waals surface area (Å²) in [6.45, 7) is -0.158. The van der Waals surface area contributed by atoms with E-state index in [0.29, 0.717) is 18.4 Å². The van der Waals surface area contributed by atoms with Crippen LogP contribution in [0.2, 0.25) is 0 Å². The zero-order valence-electron chi connectivity index (χ0n) is 15.4. The van der Waals surface area contributed by atoms with Crippen LogP contribution < -0.4 is 5.32 Å². The number of nitrogens with one attached hydrogen (secondary N) is 1. The van der Waals surface area contributed by atoms with Crippen molar-refractivity contribution in [3.05, 3.63) is 71.0 Å². The molecule has 1 spiro atoms. The third-order valence-corrected chi connectivity index (χ3v) is 5.45. The smallest absolute Gasteiger partial charge is 0.325 e. The van der Waals surface area contributed by atoms with E-state index in [1.54, 1.807) is 19.2 Å². The van der Waals surface area contributed by atoms with E-state index < -0.39 is 23.4 Å². The Morgan fingerprint density at radius 2 is 2.00 bits per heavy atom. The third-order valence-electron chi connectivity index (χ3n) is 5.45. The van der Waals surface area contributed by atoms with Crippen LogP contribution in [0.25, 0.3) is 0 Å². The lowest BCUT2D eigenvalue weighted by Gasteiger charge is -2.23. The molecule has 0 radical (unpaired) electrons. The topological polar surface area (TPSA) is 69.7 Å². The molecule has 1 fully saturated rings. The summed E-state index contributed by atoms with van der Waals surface area (Å²) in [4.78, 5) is 40.5. The monoisotopic (exact) mass is 381 g/mol. The van der Waals surface area contributed by atoms with Crippen LogP contribution in [0.4, 0.5) is 9.18 Å². The summed E-state index contributed by atoms with van der Waals surface area (Å²) < 4.78 is 13.3. The molecular weight excluding hydrogens is 361 g/mol. The maximum atomic E-state index is 13.3. The highest BCUT2D eigenvalue weighted by Crippen LogP contribution is 2.41. The average molecular weight is 381 g/mol. The molecule has 4 amide bonds. The second-order valence-electron chi connectivity index (χ2n) is 7.26. The fraction of sp³-hybridized carbons (Fsp3) is 0.286. The van der Waals surface area contributed by atoms with Gasteiger partial charge in [-0.15, -0.1) is 0 Å². The maximum absolute atomic E-state index is 13.3. The van der Waals surface area contributed by atoms with Gasteiger partial charge in [0.15, 0.2) is 0 Å². The van der Waals surface area contributed by atoms with Gasteiger partial charge in [-0.2, -0.15) is 0 Å². The first-order valence-electron chi connectivity index (χ1n) is 9.11. The maximum Gasteiger partial charge on any atom is 0.325 e. The van der Waals surface area contributed by atoms with Crippen LogP contribution in [0.15, 0.2) is 48.5 Å². The van der Waals surface area contributed by atoms with Crippen molar-refractivity contribution >= 4 is 17.8 Å². The molecule has 1 saturated heterocycles. The predicted octanol–water partition coefficient (Wildman–Crippen LogP) is 2.18. The number of rotatable bonds is 4. The lowest BCUT2D eigenvalue weighted by Crippen LogP contribution is -2.44. The van der Waals surface area contributed by atoms with Crippen LogP contribution in [0.3, 0.4) is 0 Å². The zero-order chi connectivity index (χ0) is 19.9. The number of hydrogen-bond acceptors (Lipinski definition) is 3. The first-order chi connectivity index (χ1) is 13.4. The summed E-state index contributed by atoms with van der Waals surface area (Å²) in [6, 6.07) is 12.9. The van der Waals surface area contributed by atoms with Crippen molar-refractivity contribution < 1.29 is 18.8 Å². The lowest BCUT2D eigenvalue weighted by atomic mass is 9.92. The highest BCUT2D eigenvalue weighted by molar-refractivity contribution is 6.09. The average Bonchev–Trinajstić information content (AvgIpc) is 3.15. The van der Waals surface area contributed by atoms with E-state index in [2.05, 4.69) is 5.32 Å². The SMILES string of the molecule is CN(Cc1cccc(F)c1)C(=O)CN1C(=O)N[C@@]2(CCc3ccccc32)C1=O. The number of likely N-dealkylation sites (N-methyl/N-ethyl adjacent to an activating group) is 1. The standard InChI is InChI=1S/C21H20FN3O3/c1-24(12-14-5-4-7-16(22)11-14)18(26)13-25-19(27)21(23-20(25)28)10-9-15-6-2-3-8-17(15)21/h2-8,11H,9-10,12-13H2,1H3,(H,23,28)/t21-/m1/s1. The fourth-order valence-electron chi connectivity index (χ4n) is 3.99. The number of aryl methyl sites for hydroxylation is 1. The van der Waals surface area contributed by atoms with Crippen LogP contribution in [0, 0.1) is 5.82 Å². The fourth-order valence-corrected chi connectivity index (χ4v) is 3.99. The van der Waals surface area contributed by atoms with Gasteiger partial charge in [0, 0.05) is 13.6 Å². The van der Waals surface area contributed by atoms with E-state index in [9.17, 15) is 18.8 Å². The molecule has 2 aromatic carbocycles. The molecule has 1 atom stereocenters. The Morgan fingerprint density at radius 1 is 1.21 bits per heavy atom. The number of hydrogen-bond donors (Lipinski definition) is 1. The second-order valence-corrected chi connectivity index (χ2v) is 7.26. The minimum Gasteiger partial charge on any atom is -0.340 e. The number of nitrogens with zero attached hydrogens (tertiary/aromatic N) is 2. The molecular formula is C21H20FN3O3. The highest BCUT2D eigenvalue weighted by Gasteiger charge is 2.55. The second kappa shape index (κ2) is 6.74. The molecule has 0 aromatic heterocycles. The zero-order valence-corrected chi connectivity index (χ0v) is 15.4. The number of imide groups is 1. The Kier molecular flexibility index (Phi) is 4.37. The normalized spacial score (nSPS) is 20.4. The van der Waals surface area contributed by atoms with E-state index in [1.165, 1.54) is 17.0 Å². The summed E-state index contributed by atoms with van der Waals surface area (Å²) in [5, 5.41) is 2.80. The third kappa shape index (κ3) is 2.93. The van der Waals surface area contributed by atoms with Crippen molar-refractivity contribution in [2.45, 2.75) is 24.9 Å². The quantitative estimate of drug-likeness (QED) is 0.826. The van der Waals surface area contributed by atoms with Crippen molar-refractivity contribution in [2.24, 2.45) is 0 Å². The number of benzene rings is 2. The van der Waals surface area contributed by atoms with Crippen LogP contribution >= 0.6 is 0 Å². The van der Waals surface area contributed by atoms with E-state index in [1.807, 2.05) is 24.3 Å². The molecule has 1 N–H and O–H groups in total. The molecule has 0 saturated carbocycles. The van der Waals surface area contributed by atoms with Crippen molar-refractivity contribution in [1.82, 2.24) is 15.1 Å². The van der Waals surface area contributed by atoms with E-state index >= 15 is 0 Å². The van der Waals surface area contributed by atoms with Gasteiger partial charge in [-0.25, -0.2) is 9.18 Å². The highest BCUT2D eigenvalue weighted by atomic mass is 19.1. The summed E-state index contributed by atoms with van der Waals surface area (Å²) in [5.74, 6) is -1.17. The first kappa shape index (κ1) is 18.2. The van der Waals surface area contributed by atoms with E-state index in [0.717, 1.165) is 16.0 Å². The molecule has 4 rings (SSSR count). The van der Waals surface area contributed by atoms with Gasteiger partial charge in [-0.1, -0.05) is 36.4 Å². The number of fused-ring (bicyclic) bond motifs is 2. The van der Waals surface area contributed by atoms with Gasteiger partial charge in [-0.05, 0) is 41.7 Å². The van der Waals surface area contributed by atoms with E-state index in [-0.39, 0.29) is 18.9 Å². The Hall–Kier alpha value is -3.22. The molecule has 7 heteroatoms. The molecule has 1 aliphatic carbocycles. The molecule has 1 heterocycles. The van der Waals surface area contributed by atoms with Crippen molar-refractivity contribution in [3.8, 4) is 0 Å². The molecule has 28 heavy (non-hydrogen) atoms. The Labute approximate surface area is 161 Å². The molecule has 2 aromatic rings. The minimum absolute atomic E-state index is 0.189. The first-order valence-corrected chi connectivity index (χ1v) is 9.11. The van der Waals surface area contributed by atoms with Gasteiger partial charge in [-0.3, -0.25) is 14.5 Å². The Bertz CT molecular complexity index is 977. The van der Waals surface area contributed by atoms with Crippen LogP contribution in [-0.2, 0) is 28.1 Å². The summed E-state index contributed by atoms with van der Waals surface area (Å²) in [6.07, 6.45) is 1.18. The Balaban J connectivity index is 1.49. The number of amides is 4. The summed E-state index contributed by atoms with van der Waals surface area (Å²) >= 11 is 0. The van der Waals surface area contributed by atoms with Gasteiger partial charge in [0.1, 0.15) is 17.9 Å². The number of carbonyl (C=O) groups is 3. The molecule has 144 valence electrons. The largest absolute Gasteiger partial charge is 0.340 e. The van der Waals surface area contributed by atoms with Crippen molar-refractivity contribution in [3.63, 3.8) is 0 Å². The molecule has 2 aliphatic rings.